The molecule has 0 heterocycles. The van der Waals surface area contributed by atoms with Crippen LogP contribution in [0.15, 0.2) is 29.2 Å². The average Bonchev–Trinajstić information content (AvgIpc) is 2.28. The lowest BCUT2D eigenvalue weighted by atomic mass is 9.99. The van der Waals surface area contributed by atoms with Crippen molar-refractivity contribution in [1.82, 2.24) is 0 Å². The maximum Gasteiger partial charge on any atom is 0.178 e. The average molecular weight is 226 g/mol. The van der Waals surface area contributed by atoms with Crippen molar-refractivity contribution in [3.05, 3.63) is 29.8 Å². The van der Waals surface area contributed by atoms with Crippen LogP contribution in [0.25, 0.3) is 0 Å². The molecule has 0 aliphatic heterocycles. The third-order valence-electron chi connectivity index (χ3n) is 2.78. The smallest absolute Gasteiger partial charge is 0.178 e. The van der Waals surface area contributed by atoms with Crippen molar-refractivity contribution in [3.63, 3.8) is 0 Å². The number of benzene rings is 1. The van der Waals surface area contributed by atoms with E-state index in [1.165, 1.54) is 0 Å². The number of rotatable bonds is 4. The summed E-state index contributed by atoms with van der Waals surface area (Å²) in [5.74, 6) is 0.461. The van der Waals surface area contributed by atoms with Gasteiger partial charge in [-0.2, -0.15) is 0 Å². The second-order valence-corrected chi connectivity index (χ2v) is 6.00. The highest BCUT2D eigenvalue weighted by Gasteiger charge is 2.18. The molecule has 0 spiro atoms. The van der Waals surface area contributed by atoms with E-state index in [0.717, 1.165) is 12.0 Å². The predicted octanol–water partition coefficient (Wildman–Crippen LogP) is 2.99. The molecule has 0 aliphatic rings. The fourth-order valence-corrected chi connectivity index (χ4v) is 2.77. The van der Waals surface area contributed by atoms with Crippen LogP contribution < -0.4 is 0 Å². The summed E-state index contributed by atoms with van der Waals surface area (Å²) in [7, 11) is -3.08. The van der Waals surface area contributed by atoms with E-state index in [9.17, 15) is 8.42 Å². The summed E-state index contributed by atoms with van der Waals surface area (Å²) in [4.78, 5) is 0.502. The van der Waals surface area contributed by atoms with E-state index in [1.807, 2.05) is 12.1 Å². The topological polar surface area (TPSA) is 34.1 Å². The van der Waals surface area contributed by atoms with Gasteiger partial charge in [0.2, 0.25) is 0 Å². The molecule has 1 aromatic carbocycles. The summed E-state index contributed by atoms with van der Waals surface area (Å²) in [6.45, 7) is 5.81. The first-order valence-corrected chi connectivity index (χ1v) is 6.99. The van der Waals surface area contributed by atoms with Crippen LogP contribution in [0.4, 0.5) is 0 Å². The molecular weight excluding hydrogens is 208 g/mol. The van der Waals surface area contributed by atoms with Crippen molar-refractivity contribution in [2.24, 2.45) is 0 Å². The molecule has 1 rings (SSSR count). The molecule has 0 amide bonds. The minimum atomic E-state index is -3.08. The zero-order valence-electron chi connectivity index (χ0n) is 9.53. The van der Waals surface area contributed by atoms with Gasteiger partial charge < -0.3 is 0 Å². The predicted molar refractivity (Wildman–Crippen MR) is 62.9 cm³/mol. The highest BCUT2D eigenvalue weighted by molar-refractivity contribution is 7.91. The van der Waals surface area contributed by atoms with Crippen molar-refractivity contribution in [2.45, 2.75) is 38.0 Å². The van der Waals surface area contributed by atoms with Gasteiger partial charge in [-0.3, -0.25) is 0 Å². The van der Waals surface area contributed by atoms with Crippen LogP contribution in [0.1, 0.15) is 38.7 Å². The Hall–Kier alpha value is -0.830. The van der Waals surface area contributed by atoms with Gasteiger partial charge in [-0.05, 0) is 24.0 Å². The van der Waals surface area contributed by atoms with Gasteiger partial charge in [0.15, 0.2) is 9.84 Å². The minimum absolute atomic E-state index is 0.167. The molecule has 1 unspecified atom stereocenters. The van der Waals surface area contributed by atoms with Gasteiger partial charge in [-0.25, -0.2) is 8.42 Å². The van der Waals surface area contributed by atoms with Crippen molar-refractivity contribution < 1.29 is 8.42 Å². The lowest BCUT2D eigenvalue weighted by molar-refractivity contribution is 0.593. The van der Waals surface area contributed by atoms with E-state index in [4.69, 9.17) is 0 Å². The third kappa shape index (κ3) is 2.59. The SMILES string of the molecule is CCC(C)c1ccccc1S(=O)(=O)CC. The molecule has 0 bridgehead atoms. The quantitative estimate of drug-likeness (QED) is 0.791. The molecule has 1 atom stereocenters. The molecule has 3 heteroatoms. The molecule has 0 aromatic heterocycles. The molecule has 0 saturated carbocycles. The lowest BCUT2D eigenvalue weighted by Crippen LogP contribution is -2.08. The van der Waals surface area contributed by atoms with Gasteiger partial charge in [0, 0.05) is 0 Å². The molecule has 0 aliphatic carbocycles. The summed E-state index contributed by atoms with van der Waals surface area (Å²) in [5.41, 5.74) is 0.946. The van der Waals surface area contributed by atoms with Crippen LogP contribution in [0, 0.1) is 0 Å². The Labute approximate surface area is 92.2 Å². The second-order valence-electron chi connectivity index (χ2n) is 3.75. The molecule has 15 heavy (non-hydrogen) atoms. The van der Waals surface area contributed by atoms with Crippen molar-refractivity contribution in [2.75, 3.05) is 5.75 Å². The summed E-state index contributed by atoms with van der Waals surface area (Å²) >= 11 is 0. The number of hydrogen-bond acceptors (Lipinski definition) is 2. The van der Waals surface area contributed by atoms with Crippen LogP contribution in [0.2, 0.25) is 0 Å². The van der Waals surface area contributed by atoms with Crippen molar-refractivity contribution in [1.29, 1.82) is 0 Å². The Kier molecular flexibility index (Phi) is 3.91. The summed E-state index contributed by atoms with van der Waals surface area (Å²) in [6.07, 6.45) is 0.955. The van der Waals surface area contributed by atoms with Crippen LogP contribution in [-0.2, 0) is 9.84 Å². The first kappa shape index (κ1) is 12.2. The molecule has 1 aromatic rings. The Morgan fingerprint density at radius 1 is 1.20 bits per heavy atom. The van der Waals surface area contributed by atoms with Crippen molar-refractivity contribution in [3.8, 4) is 0 Å². The van der Waals surface area contributed by atoms with E-state index in [-0.39, 0.29) is 5.75 Å². The first-order chi connectivity index (χ1) is 7.03. The van der Waals surface area contributed by atoms with Gasteiger partial charge in [0.05, 0.1) is 10.6 Å². The zero-order valence-corrected chi connectivity index (χ0v) is 10.3. The summed E-state index contributed by atoms with van der Waals surface area (Å²) in [5, 5.41) is 0. The molecule has 84 valence electrons. The second kappa shape index (κ2) is 4.79. The van der Waals surface area contributed by atoms with E-state index in [1.54, 1.807) is 19.1 Å². The van der Waals surface area contributed by atoms with Gasteiger partial charge in [-0.1, -0.05) is 39.0 Å². The first-order valence-electron chi connectivity index (χ1n) is 5.34. The Balaban J connectivity index is 3.30. The molecule has 0 fully saturated rings. The van der Waals surface area contributed by atoms with E-state index in [0.29, 0.717) is 10.8 Å². The highest BCUT2D eigenvalue weighted by Crippen LogP contribution is 2.26. The Morgan fingerprint density at radius 2 is 1.80 bits per heavy atom. The van der Waals surface area contributed by atoms with E-state index < -0.39 is 9.84 Å². The number of hydrogen-bond donors (Lipinski definition) is 0. The van der Waals surface area contributed by atoms with E-state index in [2.05, 4.69) is 13.8 Å². The maximum absolute atomic E-state index is 11.8. The standard InChI is InChI=1S/C12H18O2S/c1-4-10(3)11-8-6-7-9-12(11)15(13,14)5-2/h6-10H,4-5H2,1-3H3. The highest BCUT2D eigenvalue weighted by atomic mass is 32.2. The molecule has 0 radical (unpaired) electrons. The van der Waals surface area contributed by atoms with E-state index >= 15 is 0 Å². The monoisotopic (exact) mass is 226 g/mol. The van der Waals surface area contributed by atoms with Gasteiger partial charge in [0.1, 0.15) is 0 Å². The minimum Gasteiger partial charge on any atom is -0.224 e. The van der Waals surface area contributed by atoms with Crippen LogP contribution >= 0.6 is 0 Å². The normalized spacial score (nSPS) is 13.8. The molecular formula is C12H18O2S. The summed E-state index contributed by atoms with van der Waals surface area (Å²) in [6, 6.07) is 7.31. The molecule has 0 N–H and O–H groups in total. The van der Waals surface area contributed by atoms with Gasteiger partial charge in [0.25, 0.3) is 0 Å². The summed E-state index contributed by atoms with van der Waals surface area (Å²) < 4.78 is 23.7. The van der Waals surface area contributed by atoms with Crippen LogP contribution in [0.5, 0.6) is 0 Å². The maximum atomic E-state index is 11.8. The third-order valence-corrected chi connectivity index (χ3v) is 4.58. The fourth-order valence-electron chi connectivity index (χ4n) is 1.55. The lowest BCUT2D eigenvalue weighted by Gasteiger charge is -2.14. The zero-order chi connectivity index (χ0) is 11.5. The Bertz CT molecular complexity index is 421. The fraction of sp³-hybridized carbons (Fsp3) is 0.500. The molecule has 0 saturated heterocycles. The van der Waals surface area contributed by atoms with Crippen LogP contribution in [-0.4, -0.2) is 14.2 Å². The van der Waals surface area contributed by atoms with Crippen LogP contribution in [0.3, 0.4) is 0 Å². The van der Waals surface area contributed by atoms with Gasteiger partial charge >= 0.3 is 0 Å². The van der Waals surface area contributed by atoms with Crippen molar-refractivity contribution >= 4 is 9.84 Å². The Morgan fingerprint density at radius 3 is 2.33 bits per heavy atom. The number of sulfone groups is 1. The molecule has 2 nitrogen and oxygen atoms in total. The van der Waals surface area contributed by atoms with Gasteiger partial charge in [-0.15, -0.1) is 0 Å². The largest absolute Gasteiger partial charge is 0.224 e.